The molecule has 9 N–H and O–H groups in total. The number of primary amides is 1. The van der Waals surface area contributed by atoms with Gasteiger partial charge in [-0.25, -0.2) is 23.2 Å². The SMILES string of the molecule is COc1cc2cc(c1Cl)N(C)C(=O)C[C@H](OC(=O)Nc1cc(F)c(NC(=O)[C@H](CCCNC(N)=O)NC(=O)[C@@H](NC(=O)CCCCCN3C(=O)C=CC3=O)C(C)C)cc1F)[C@]1(C)O[C@H]1[C@H](C)[C@@H]1C[C@@](O)(NC(=O)O1)[C@H](OC)/C=C/C=C(\C)C2. The van der Waals surface area contributed by atoms with Gasteiger partial charge in [0.05, 0.1) is 36.7 Å². The summed E-state index contributed by atoms with van der Waals surface area (Å²) in [7, 11) is 4.22. The van der Waals surface area contributed by atoms with Gasteiger partial charge in [-0.05, 0) is 69.6 Å². The number of halogens is 3. The first-order valence-electron chi connectivity index (χ1n) is 27.0. The van der Waals surface area contributed by atoms with Gasteiger partial charge in [-0.3, -0.25) is 44.3 Å². The number of hydrogen-bond acceptors (Lipinski definition) is 15. The number of methoxy groups -OCH3 is 2. The number of urea groups is 1. The standard InChI is InChI=1S/C56H72ClF2N9O15/c1-29(2)48(65-43(69)17-10-9-11-21-68-44(70)18-19-45(68)71)51(74)62-35(15-13-20-61-52(60)75)50(73)63-36-25-34(59)37(26-33(36)58)64-53(76)82-42-27-46(72)67(6)38-23-32(24-39(79-7)47(38)57)22-30(3)14-12-16-41(80-8)56(78)28-40(81-54(77)66-56)31(4)49-55(42,5)83-49/h12,14,16,18-19,23-26,29,31,35,40-42,48-49,78H,9-11,13,15,17,20-22,27-28H2,1-8H3,(H,62,74)(H,63,73)(H,64,76)(H,65,69)(H,66,77)(H3,60,61,75)/b16-12+,30-14+/t31-,35+,40+,41-,42+,48+,49+,55+,56+/m1/s1. The molecular weight excluding hydrogens is 1110 g/mol. The van der Waals surface area contributed by atoms with Crippen molar-refractivity contribution in [1.29, 1.82) is 0 Å². The number of nitrogens with two attached hydrogens (primary N) is 1. The lowest BCUT2D eigenvalue weighted by atomic mass is 9.83. The number of aliphatic hydroxyl groups is 1. The number of amides is 10. The van der Waals surface area contributed by atoms with E-state index in [1.807, 2.05) is 6.92 Å². The van der Waals surface area contributed by atoms with Gasteiger partial charge in [-0.2, -0.15) is 0 Å². The maximum absolute atomic E-state index is 16.0. The van der Waals surface area contributed by atoms with Crippen molar-refractivity contribution in [2.24, 2.45) is 17.6 Å². The molecule has 27 heteroatoms. The normalized spacial score (nSPS) is 25.2. The summed E-state index contributed by atoms with van der Waals surface area (Å²) >= 11 is 6.78. The number of anilines is 3. The quantitative estimate of drug-likeness (QED) is 0.0483. The number of carbonyl (C=O) groups is 9. The smallest absolute Gasteiger partial charge is 0.412 e. The second kappa shape index (κ2) is 28.1. The third-order valence-corrected chi connectivity index (χ3v) is 15.2. The van der Waals surface area contributed by atoms with E-state index in [0.29, 0.717) is 43.4 Å². The molecule has 0 aliphatic carbocycles. The van der Waals surface area contributed by atoms with E-state index < -0.39 is 143 Å². The molecule has 2 fully saturated rings. The first-order valence-corrected chi connectivity index (χ1v) is 27.4. The van der Waals surface area contributed by atoms with Crippen molar-refractivity contribution in [3.63, 3.8) is 0 Å². The summed E-state index contributed by atoms with van der Waals surface area (Å²) in [5.74, 6) is -7.26. The second-order valence-corrected chi connectivity index (χ2v) is 21.8. The highest BCUT2D eigenvalue weighted by atomic mass is 35.5. The van der Waals surface area contributed by atoms with Crippen molar-refractivity contribution in [3.05, 3.63) is 82.4 Å². The van der Waals surface area contributed by atoms with Crippen LogP contribution in [0.15, 0.2) is 60.2 Å². The molecule has 4 heterocycles. The van der Waals surface area contributed by atoms with Crippen molar-refractivity contribution in [3.8, 4) is 5.75 Å². The summed E-state index contributed by atoms with van der Waals surface area (Å²) in [5.41, 5.74) is 2.01. The van der Waals surface area contributed by atoms with Crippen molar-refractivity contribution in [1.82, 2.24) is 26.2 Å². The Labute approximate surface area is 483 Å². The van der Waals surface area contributed by atoms with Gasteiger partial charge in [-0.1, -0.05) is 62.6 Å². The first kappa shape index (κ1) is 64.5. The number of unbranched alkanes of at least 4 members (excludes halogenated alkanes) is 2. The van der Waals surface area contributed by atoms with Gasteiger partial charge in [0.25, 0.3) is 11.8 Å². The zero-order valence-electron chi connectivity index (χ0n) is 47.4. The molecule has 0 saturated carbocycles. The van der Waals surface area contributed by atoms with E-state index in [-0.39, 0.29) is 55.2 Å². The minimum atomic E-state index is -1.97. The highest BCUT2D eigenvalue weighted by molar-refractivity contribution is 6.35. The Kier molecular flexibility index (Phi) is 21.8. The fourth-order valence-electron chi connectivity index (χ4n) is 10.0. The van der Waals surface area contributed by atoms with Gasteiger partial charge in [0.15, 0.2) is 5.72 Å². The van der Waals surface area contributed by atoms with Gasteiger partial charge < -0.3 is 60.7 Å². The van der Waals surface area contributed by atoms with Crippen molar-refractivity contribution in [2.45, 2.75) is 140 Å². The monoisotopic (exact) mass is 1180 g/mol. The van der Waals surface area contributed by atoms with Gasteiger partial charge in [0, 0.05) is 70.3 Å². The van der Waals surface area contributed by atoms with E-state index in [0.717, 1.165) is 10.5 Å². The van der Waals surface area contributed by atoms with Crippen molar-refractivity contribution in [2.75, 3.05) is 49.9 Å². The highest BCUT2D eigenvalue weighted by Crippen LogP contribution is 2.49. The van der Waals surface area contributed by atoms with Crippen LogP contribution < -0.4 is 47.3 Å². The summed E-state index contributed by atoms with van der Waals surface area (Å²) in [6.45, 7) is 8.51. The Morgan fingerprint density at radius 2 is 1.63 bits per heavy atom. The summed E-state index contributed by atoms with van der Waals surface area (Å²) in [6.07, 6.45) is 1.41. The van der Waals surface area contributed by atoms with Crippen molar-refractivity contribution < 1.29 is 80.7 Å². The third kappa shape index (κ3) is 16.5. The average Bonchev–Trinajstić information content (AvgIpc) is 3.38. The van der Waals surface area contributed by atoms with E-state index in [9.17, 15) is 48.3 Å². The number of fused-ring (bicyclic) bond motifs is 5. The lowest BCUT2D eigenvalue weighted by Gasteiger charge is -2.42. The van der Waals surface area contributed by atoms with Gasteiger partial charge >= 0.3 is 18.2 Å². The number of alkyl carbamates (subject to hydrolysis) is 1. The van der Waals surface area contributed by atoms with E-state index in [4.69, 9.17) is 41.0 Å². The molecule has 2 aromatic rings. The minimum absolute atomic E-state index is 0.00226. The van der Waals surface area contributed by atoms with Crippen LogP contribution in [0.4, 0.5) is 40.2 Å². The predicted molar refractivity (Wildman–Crippen MR) is 298 cm³/mol. The second-order valence-electron chi connectivity index (χ2n) is 21.4. The number of imide groups is 1. The Balaban J connectivity index is 1.18. The van der Waals surface area contributed by atoms with Gasteiger partial charge in [0.2, 0.25) is 23.6 Å². The minimum Gasteiger partial charge on any atom is -0.495 e. The molecule has 0 aromatic heterocycles. The van der Waals surface area contributed by atoms with E-state index in [2.05, 4.69) is 31.9 Å². The Morgan fingerprint density at radius 1 is 0.952 bits per heavy atom. The molecule has 2 saturated heterocycles. The topological polar surface area (TPSA) is 328 Å². The molecule has 4 bridgehead atoms. The van der Waals surface area contributed by atoms with E-state index >= 15 is 8.78 Å². The number of rotatable bonds is 20. The van der Waals surface area contributed by atoms with Gasteiger partial charge in [0.1, 0.15) is 58.4 Å². The molecule has 9 atom stereocenters. The lowest BCUT2D eigenvalue weighted by Crippen LogP contribution is -2.63. The summed E-state index contributed by atoms with van der Waals surface area (Å²) in [6, 6.07) is 1.05. The molecule has 6 rings (SSSR count). The predicted octanol–water partition coefficient (Wildman–Crippen LogP) is 5.15. The number of epoxide rings is 1. The molecule has 0 spiro atoms. The number of benzene rings is 2. The summed E-state index contributed by atoms with van der Waals surface area (Å²) < 4.78 is 60.9. The molecule has 4 aliphatic heterocycles. The van der Waals surface area contributed by atoms with Crippen LogP contribution in [0.2, 0.25) is 5.02 Å². The average molecular weight is 1180 g/mol. The molecule has 24 nitrogen and oxygen atoms in total. The number of allylic oxidation sites excluding steroid dienone is 3. The molecule has 2 aromatic carbocycles. The fraction of sp³-hybridized carbons (Fsp3) is 0.518. The number of hydrogen-bond donors (Lipinski definition) is 8. The molecular formula is C56H72ClF2N9O15. The molecule has 10 amide bonds. The summed E-state index contributed by atoms with van der Waals surface area (Å²) in [4.78, 5) is 119. The molecule has 83 heavy (non-hydrogen) atoms. The van der Waals surface area contributed by atoms with E-state index in [1.54, 1.807) is 58.1 Å². The Morgan fingerprint density at radius 3 is 2.27 bits per heavy atom. The number of nitrogens with zero attached hydrogens (tertiary/aromatic N) is 2. The fourth-order valence-corrected chi connectivity index (χ4v) is 10.4. The van der Waals surface area contributed by atoms with E-state index in [1.165, 1.54) is 38.3 Å². The molecule has 0 unspecified atom stereocenters. The van der Waals surface area contributed by atoms with Crippen LogP contribution in [0.5, 0.6) is 5.75 Å². The maximum atomic E-state index is 16.0. The van der Waals surface area contributed by atoms with Gasteiger partial charge in [-0.15, -0.1) is 0 Å². The zero-order chi connectivity index (χ0) is 61.1. The van der Waals surface area contributed by atoms with Crippen LogP contribution in [0, 0.1) is 23.5 Å². The van der Waals surface area contributed by atoms with Crippen LogP contribution in [0.3, 0.4) is 0 Å². The summed E-state index contributed by atoms with van der Waals surface area (Å²) in [5, 5.41) is 26.4. The molecule has 452 valence electrons. The lowest BCUT2D eigenvalue weighted by molar-refractivity contribution is -0.142. The van der Waals surface area contributed by atoms with Crippen LogP contribution in [0.25, 0.3) is 0 Å². The Bertz CT molecular complexity index is 2910. The van der Waals surface area contributed by atoms with Crippen LogP contribution in [0.1, 0.15) is 91.5 Å². The zero-order valence-corrected chi connectivity index (χ0v) is 48.1. The first-order chi connectivity index (χ1) is 39.2. The van der Waals surface area contributed by atoms with Crippen LogP contribution >= 0.6 is 11.6 Å². The highest BCUT2D eigenvalue weighted by Gasteiger charge is 2.64. The molecule has 4 aliphatic rings. The number of carbonyl (C=O) groups excluding carboxylic acids is 9. The Hall–Kier alpha value is -7.68. The third-order valence-electron chi connectivity index (χ3n) is 14.8. The number of nitrogens with one attached hydrogen (secondary N) is 6. The van der Waals surface area contributed by atoms with Crippen LogP contribution in [-0.2, 0) is 54.1 Å². The molecule has 0 radical (unpaired) electrons. The van der Waals surface area contributed by atoms with Crippen molar-refractivity contribution >= 4 is 82.3 Å². The van der Waals surface area contributed by atoms with Crippen LogP contribution in [-0.4, -0.2) is 146 Å². The maximum Gasteiger partial charge on any atom is 0.412 e. The largest absolute Gasteiger partial charge is 0.495 e. The number of ether oxygens (including phenoxy) is 5.